The number of rotatable bonds is 10. The van der Waals surface area contributed by atoms with Crippen LogP contribution in [0.3, 0.4) is 0 Å². The van der Waals surface area contributed by atoms with Gasteiger partial charge in [0.05, 0.1) is 41.1 Å². The molecule has 220 valence electrons. The van der Waals surface area contributed by atoms with Gasteiger partial charge in [-0.05, 0) is 48.9 Å². The van der Waals surface area contributed by atoms with E-state index in [2.05, 4.69) is 20.9 Å². The van der Waals surface area contributed by atoms with Crippen LogP contribution in [0.5, 0.6) is 0 Å². The van der Waals surface area contributed by atoms with Crippen molar-refractivity contribution in [3.05, 3.63) is 89.5 Å². The number of fused-ring (bicyclic) bond motifs is 1. The van der Waals surface area contributed by atoms with Crippen LogP contribution >= 0.6 is 0 Å². The number of benzene rings is 3. The van der Waals surface area contributed by atoms with Gasteiger partial charge in [-0.3, -0.25) is 14.0 Å². The molecule has 0 spiro atoms. The van der Waals surface area contributed by atoms with Crippen molar-refractivity contribution in [3.63, 3.8) is 0 Å². The number of ether oxygens (including phenoxy) is 1. The Bertz CT molecular complexity index is 1580. The molecule has 0 radical (unpaired) electrons. The van der Waals surface area contributed by atoms with Crippen molar-refractivity contribution in [1.82, 2.24) is 10.2 Å². The Morgan fingerprint density at radius 1 is 1.00 bits per heavy atom. The number of nitrogens with zero attached hydrogens (tertiary/aromatic N) is 2. The Balaban J connectivity index is 1.45. The van der Waals surface area contributed by atoms with E-state index in [0.717, 1.165) is 31.7 Å². The van der Waals surface area contributed by atoms with E-state index in [0.29, 0.717) is 52.5 Å². The fourth-order valence-electron chi connectivity index (χ4n) is 5.15. The highest BCUT2D eigenvalue weighted by atomic mass is 32.2. The van der Waals surface area contributed by atoms with Crippen LogP contribution in [0.15, 0.2) is 72.8 Å². The van der Waals surface area contributed by atoms with Gasteiger partial charge in [0.15, 0.2) is 0 Å². The van der Waals surface area contributed by atoms with Crippen molar-refractivity contribution >= 4 is 50.2 Å². The summed E-state index contributed by atoms with van der Waals surface area (Å²) >= 11 is 0. The molecule has 3 N–H and O–H groups in total. The van der Waals surface area contributed by atoms with Gasteiger partial charge in [-0.1, -0.05) is 36.4 Å². The van der Waals surface area contributed by atoms with E-state index in [1.807, 2.05) is 30.3 Å². The molecule has 10 nitrogen and oxygen atoms in total. The quantitative estimate of drug-likeness (QED) is 0.243. The fraction of sp³-hybridized carbons (Fsp3) is 0.290. The van der Waals surface area contributed by atoms with Gasteiger partial charge in [0.1, 0.15) is 0 Å². The first-order valence-corrected chi connectivity index (χ1v) is 15.8. The van der Waals surface area contributed by atoms with Crippen LogP contribution in [-0.4, -0.2) is 77.3 Å². The SMILES string of the molecule is CCOC(=O)c1ccc2c(c1)NC(=O)/C2=C(\Nc1ccc(N(CCN2CCNCC2)S(C)(=O)=O)cc1)c1ccccc1. The first-order chi connectivity index (χ1) is 20.2. The minimum absolute atomic E-state index is 0.256. The molecule has 3 aromatic carbocycles. The van der Waals surface area contributed by atoms with Crippen LogP contribution in [0, 0.1) is 0 Å². The summed E-state index contributed by atoms with van der Waals surface area (Å²) in [5.41, 5.74) is 4.61. The molecule has 0 unspecified atom stereocenters. The van der Waals surface area contributed by atoms with Gasteiger partial charge in [-0.25, -0.2) is 13.2 Å². The third-order valence-electron chi connectivity index (χ3n) is 7.24. The molecule has 0 aliphatic carbocycles. The topological polar surface area (TPSA) is 120 Å². The van der Waals surface area contributed by atoms with Crippen LogP contribution in [0.4, 0.5) is 17.1 Å². The van der Waals surface area contributed by atoms with Crippen LogP contribution in [0.1, 0.15) is 28.4 Å². The van der Waals surface area contributed by atoms with Gasteiger partial charge in [-0.2, -0.15) is 0 Å². The Labute approximate surface area is 246 Å². The summed E-state index contributed by atoms with van der Waals surface area (Å²) in [6.07, 6.45) is 1.22. The molecule has 1 fully saturated rings. The molecule has 1 saturated heterocycles. The lowest BCUT2D eigenvalue weighted by Gasteiger charge is -2.30. The van der Waals surface area contributed by atoms with Gasteiger partial charge >= 0.3 is 5.97 Å². The first kappa shape index (κ1) is 29.3. The van der Waals surface area contributed by atoms with Crippen LogP contribution in [0.25, 0.3) is 11.3 Å². The van der Waals surface area contributed by atoms with Gasteiger partial charge in [-0.15, -0.1) is 0 Å². The highest BCUT2D eigenvalue weighted by Crippen LogP contribution is 2.38. The van der Waals surface area contributed by atoms with Crippen molar-refractivity contribution in [1.29, 1.82) is 0 Å². The summed E-state index contributed by atoms with van der Waals surface area (Å²) < 4.78 is 31.9. The van der Waals surface area contributed by atoms with E-state index in [1.54, 1.807) is 49.4 Å². The number of piperazine rings is 1. The van der Waals surface area contributed by atoms with E-state index in [1.165, 1.54) is 10.6 Å². The molecule has 2 aliphatic rings. The predicted octanol–water partition coefficient (Wildman–Crippen LogP) is 3.47. The zero-order valence-corrected chi connectivity index (χ0v) is 24.5. The average molecular weight is 590 g/mol. The summed E-state index contributed by atoms with van der Waals surface area (Å²) in [7, 11) is -3.49. The minimum atomic E-state index is -3.49. The average Bonchev–Trinajstić information content (AvgIpc) is 3.31. The number of carbonyl (C=O) groups excluding carboxylic acids is 2. The van der Waals surface area contributed by atoms with Crippen LogP contribution < -0.4 is 20.3 Å². The maximum atomic E-state index is 13.3. The smallest absolute Gasteiger partial charge is 0.338 e. The van der Waals surface area contributed by atoms with Crippen molar-refractivity contribution in [3.8, 4) is 0 Å². The number of amides is 1. The number of anilines is 3. The molecule has 0 atom stereocenters. The minimum Gasteiger partial charge on any atom is -0.462 e. The Kier molecular flexibility index (Phi) is 8.91. The van der Waals surface area contributed by atoms with E-state index in [4.69, 9.17) is 4.74 Å². The van der Waals surface area contributed by atoms with Gasteiger partial charge in [0.2, 0.25) is 10.0 Å². The summed E-state index contributed by atoms with van der Waals surface area (Å²) in [5, 5.41) is 9.59. The highest BCUT2D eigenvalue weighted by Gasteiger charge is 2.29. The molecule has 0 saturated carbocycles. The van der Waals surface area contributed by atoms with E-state index in [-0.39, 0.29) is 12.5 Å². The Hall–Kier alpha value is -4.19. The molecular weight excluding hydrogens is 554 g/mol. The second kappa shape index (κ2) is 12.8. The molecule has 0 aromatic heterocycles. The van der Waals surface area contributed by atoms with E-state index < -0.39 is 16.0 Å². The van der Waals surface area contributed by atoms with Crippen molar-refractivity contribution < 1.29 is 22.7 Å². The lowest BCUT2D eigenvalue weighted by Crippen LogP contribution is -2.47. The monoisotopic (exact) mass is 589 g/mol. The number of hydrogen-bond acceptors (Lipinski definition) is 8. The number of sulfonamides is 1. The van der Waals surface area contributed by atoms with Crippen molar-refractivity contribution in [2.45, 2.75) is 6.92 Å². The molecule has 5 rings (SSSR count). The molecule has 11 heteroatoms. The molecule has 3 aromatic rings. The second-order valence-corrected chi connectivity index (χ2v) is 12.1. The number of carbonyl (C=O) groups is 2. The maximum Gasteiger partial charge on any atom is 0.338 e. The highest BCUT2D eigenvalue weighted by molar-refractivity contribution is 7.92. The second-order valence-electron chi connectivity index (χ2n) is 10.1. The van der Waals surface area contributed by atoms with Gasteiger partial charge < -0.3 is 20.7 Å². The number of nitrogens with one attached hydrogen (secondary N) is 3. The maximum absolute atomic E-state index is 13.3. The number of hydrogen-bond donors (Lipinski definition) is 3. The summed E-state index contributed by atoms with van der Waals surface area (Å²) in [6.45, 7) is 6.57. The zero-order valence-electron chi connectivity index (χ0n) is 23.7. The normalized spacial score (nSPS) is 16.4. The van der Waals surface area contributed by atoms with Crippen LogP contribution in [0.2, 0.25) is 0 Å². The van der Waals surface area contributed by atoms with Gasteiger partial charge in [0.25, 0.3) is 5.91 Å². The third kappa shape index (κ3) is 6.64. The molecular formula is C31H35N5O5S. The summed E-state index contributed by atoms with van der Waals surface area (Å²) in [5.74, 6) is -0.755. The third-order valence-corrected chi connectivity index (χ3v) is 8.44. The molecule has 0 bridgehead atoms. The van der Waals surface area contributed by atoms with Crippen molar-refractivity contribution in [2.75, 3.05) is 67.1 Å². The fourth-order valence-corrected chi connectivity index (χ4v) is 6.07. The molecule has 42 heavy (non-hydrogen) atoms. The van der Waals surface area contributed by atoms with E-state index in [9.17, 15) is 18.0 Å². The standard InChI is InChI=1S/C31H35N5O5S/c1-3-41-31(38)23-9-14-26-27(21-23)34-30(37)28(26)29(22-7-5-4-6-8-22)33-24-10-12-25(13-11-24)36(42(2,39)40)20-19-35-17-15-32-16-18-35/h4-14,21,32-33H,3,15-20H2,1-2H3,(H,34,37)/b29-28-. The zero-order chi connectivity index (χ0) is 29.7. The Morgan fingerprint density at radius 2 is 1.71 bits per heavy atom. The summed E-state index contributed by atoms with van der Waals surface area (Å²) in [6, 6.07) is 21.6. The molecule has 2 heterocycles. The predicted molar refractivity (Wildman–Crippen MR) is 166 cm³/mol. The summed E-state index contributed by atoms with van der Waals surface area (Å²) in [4.78, 5) is 27.8. The molecule has 1 amide bonds. The van der Waals surface area contributed by atoms with E-state index >= 15 is 0 Å². The van der Waals surface area contributed by atoms with Gasteiger partial charge in [0, 0.05) is 50.5 Å². The lowest BCUT2D eigenvalue weighted by molar-refractivity contribution is -0.110. The first-order valence-electron chi connectivity index (χ1n) is 13.9. The lowest BCUT2D eigenvalue weighted by atomic mass is 9.99. The number of esters is 1. The largest absolute Gasteiger partial charge is 0.462 e. The van der Waals surface area contributed by atoms with Crippen LogP contribution in [-0.2, 0) is 19.6 Å². The van der Waals surface area contributed by atoms with Crippen molar-refractivity contribution in [2.24, 2.45) is 0 Å². The Morgan fingerprint density at radius 3 is 2.38 bits per heavy atom. The molecule has 2 aliphatic heterocycles.